The van der Waals surface area contributed by atoms with Gasteiger partial charge in [0, 0.05) is 12.1 Å². The molecule has 5 nitrogen and oxygen atoms in total. The second kappa shape index (κ2) is 3.48. The molecule has 2 aromatic heterocycles. The molecular weight excluding hydrogens is 220 g/mol. The molecule has 1 saturated carbocycles. The Morgan fingerprint density at radius 1 is 1.35 bits per heavy atom. The number of rotatable bonds is 2. The second-order valence-corrected chi connectivity index (χ2v) is 4.34. The normalized spacial score (nSPS) is 15.1. The summed E-state index contributed by atoms with van der Waals surface area (Å²) in [6.07, 6.45) is 1.94. The van der Waals surface area contributed by atoms with Crippen molar-refractivity contribution in [2.24, 2.45) is 0 Å². The second-order valence-electron chi connectivity index (χ2n) is 4.34. The Hall–Kier alpha value is -2.04. The van der Waals surface area contributed by atoms with E-state index in [1.807, 2.05) is 13.0 Å². The van der Waals surface area contributed by atoms with Crippen molar-refractivity contribution in [3.8, 4) is 11.5 Å². The molecule has 1 fully saturated rings. The summed E-state index contributed by atoms with van der Waals surface area (Å²) >= 11 is 0. The number of H-pyrrole nitrogens is 1. The van der Waals surface area contributed by atoms with Crippen molar-refractivity contribution in [2.75, 3.05) is 0 Å². The highest BCUT2D eigenvalue weighted by atomic mass is 16.3. The first-order chi connectivity index (χ1) is 8.15. The monoisotopic (exact) mass is 232 g/mol. The maximum Gasteiger partial charge on any atom is 0.329 e. The van der Waals surface area contributed by atoms with Crippen molar-refractivity contribution < 1.29 is 4.42 Å². The van der Waals surface area contributed by atoms with Crippen LogP contribution in [-0.2, 0) is 0 Å². The molecule has 0 spiro atoms. The lowest BCUT2D eigenvalue weighted by Crippen LogP contribution is -2.30. The van der Waals surface area contributed by atoms with E-state index in [-0.39, 0.29) is 11.7 Å². The number of aromatic nitrogens is 2. The average molecular weight is 232 g/mol. The first-order valence-corrected chi connectivity index (χ1v) is 5.58. The molecule has 0 amide bonds. The molecule has 1 aliphatic rings. The number of aromatic amines is 1. The minimum Gasteiger partial charge on any atom is -0.460 e. The summed E-state index contributed by atoms with van der Waals surface area (Å²) in [7, 11) is 0. The standard InChI is InChI=1S/C12H12N2O3/c1-7-2-5-10(17-7)9-6-11(15)13-12(16)14(9)8-3-4-8/h2,5-6,8H,3-4H2,1H3,(H,13,15,16). The molecule has 0 saturated heterocycles. The minimum absolute atomic E-state index is 0.194. The molecule has 88 valence electrons. The molecule has 0 unspecified atom stereocenters. The van der Waals surface area contributed by atoms with Crippen molar-refractivity contribution >= 4 is 0 Å². The smallest absolute Gasteiger partial charge is 0.329 e. The fourth-order valence-corrected chi connectivity index (χ4v) is 1.96. The molecule has 5 heteroatoms. The lowest BCUT2D eigenvalue weighted by atomic mass is 10.3. The Morgan fingerprint density at radius 3 is 2.71 bits per heavy atom. The Balaban J connectivity index is 2.27. The number of hydrogen-bond acceptors (Lipinski definition) is 3. The topological polar surface area (TPSA) is 68.0 Å². The van der Waals surface area contributed by atoms with E-state index in [1.165, 1.54) is 6.07 Å². The minimum atomic E-state index is -0.393. The van der Waals surface area contributed by atoms with Crippen molar-refractivity contribution in [2.45, 2.75) is 25.8 Å². The Morgan fingerprint density at radius 2 is 2.12 bits per heavy atom. The predicted octanol–water partition coefficient (Wildman–Crippen LogP) is 1.44. The van der Waals surface area contributed by atoms with Gasteiger partial charge in [-0.25, -0.2) is 4.79 Å². The van der Waals surface area contributed by atoms with Gasteiger partial charge in [0.15, 0.2) is 5.76 Å². The molecule has 17 heavy (non-hydrogen) atoms. The third kappa shape index (κ3) is 1.73. The highest BCUT2D eigenvalue weighted by Gasteiger charge is 2.28. The van der Waals surface area contributed by atoms with Gasteiger partial charge in [-0.2, -0.15) is 0 Å². The fourth-order valence-electron chi connectivity index (χ4n) is 1.96. The summed E-state index contributed by atoms with van der Waals surface area (Å²) in [6, 6.07) is 5.21. The maximum absolute atomic E-state index is 11.8. The molecule has 0 radical (unpaired) electrons. The van der Waals surface area contributed by atoms with E-state index in [4.69, 9.17) is 4.42 Å². The van der Waals surface area contributed by atoms with Gasteiger partial charge in [0.25, 0.3) is 5.56 Å². The maximum atomic E-state index is 11.8. The van der Waals surface area contributed by atoms with Gasteiger partial charge >= 0.3 is 5.69 Å². The van der Waals surface area contributed by atoms with E-state index in [2.05, 4.69) is 4.98 Å². The zero-order chi connectivity index (χ0) is 12.0. The molecule has 1 aliphatic carbocycles. The van der Waals surface area contributed by atoms with Crippen LogP contribution in [0, 0.1) is 6.92 Å². The van der Waals surface area contributed by atoms with Crippen LogP contribution in [0.25, 0.3) is 11.5 Å². The quantitative estimate of drug-likeness (QED) is 0.851. The van der Waals surface area contributed by atoms with Crippen LogP contribution in [0.1, 0.15) is 24.6 Å². The van der Waals surface area contributed by atoms with Crippen LogP contribution >= 0.6 is 0 Å². The summed E-state index contributed by atoms with van der Waals surface area (Å²) in [4.78, 5) is 25.5. The summed E-state index contributed by atoms with van der Waals surface area (Å²) in [5, 5.41) is 0. The number of nitrogens with one attached hydrogen (secondary N) is 1. The van der Waals surface area contributed by atoms with Crippen molar-refractivity contribution in [1.82, 2.24) is 9.55 Å². The van der Waals surface area contributed by atoms with Crippen LogP contribution in [0.2, 0.25) is 0 Å². The van der Waals surface area contributed by atoms with Gasteiger partial charge in [0.05, 0.1) is 5.69 Å². The summed E-state index contributed by atoms with van der Waals surface area (Å²) in [5.74, 6) is 1.33. The summed E-state index contributed by atoms with van der Waals surface area (Å²) in [6.45, 7) is 1.83. The molecule has 0 aromatic carbocycles. The summed E-state index contributed by atoms with van der Waals surface area (Å²) in [5.41, 5.74) is -0.186. The largest absolute Gasteiger partial charge is 0.460 e. The van der Waals surface area contributed by atoms with Crippen LogP contribution in [-0.4, -0.2) is 9.55 Å². The third-order valence-corrected chi connectivity index (χ3v) is 2.88. The lowest BCUT2D eigenvalue weighted by molar-refractivity contribution is 0.536. The molecule has 2 heterocycles. The lowest BCUT2D eigenvalue weighted by Gasteiger charge is -2.08. The molecule has 2 aromatic rings. The third-order valence-electron chi connectivity index (χ3n) is 2.88. The van der Waals surface area contributed by atoms with Gasteiger partial charge in [-0.3, -0.25) is 14.3 Å². The van der Waals surface area contributed by atoms with E-state index in [0.29, 0.717) is 11.5 Å². The number of hydrogen-bond donors (Lipinski definition) is 1. The van der Waals surface area contributed by atoms with Gasteiger partial charge in [0.2, 0.25) is 0 Å². The van der Waals surface area contributed by atoms with E-state index in [9.17, 15) is 9.59 Å². The van der Waals surface area contributed by atoms with E-state index in [0.717, 1.165) is 18.6 Å². The van der Waals surface area contributed by atoms with Crippen molar-refractivity contribution in [3.63, 3.8) is 0 Å². The fraction of sp³-hybridized carbons (Fsp3) is 0.333. The van der Waals surface area contributed by atoms with Gasteiger partial charge in [-0.15, -0.1) is 0 Å². The van der Waals surface area contributed by atoms with Gasteiger partial charge in [-0.05, 0) is 31.9 Å². The van der Waals surface area contributed by atoms with Crippen molar-refractivity contribution in [1.29, 1.82) is 0 Å². The zero-order valence-electron chi connectivity index (χ0n) is 9.40. The summed E-state index contributed by atoms with van der Waals surface area (Å²) < 4.78 is 7.10. The van der Waals surface area contributed by atoms with Gasteiger partial charge in [0.1, 0.15) is 5.76 Å². The molecule has 0 atom stereocenters. The Kier molecular flexibility index (Phi) is 2.07. The highest BCUT2D eigenvalue weighted by molar-refractivity contribution is 5.52. The van der Waals surface area contributed by atoms with E-state index in [1.54, 1.807) is 10.6 Å². The molecule has 1 N–H and O–H groups in total. The van der Waals surface area contributed by atoms with Gasteiger partial charge < -0.3 is 4.42 Å². The Labute approximate surface area is 96.7 Å². The first kappa shape index (κ1) is 10.1. The number of furan rings is 1. The first-order valence-electron chi connectivity index (χ1n) is 5.58. The number of aryl methyl sites for hydroxylation is 1. The molecule has 0 aliphatic heterocycles. The average Bonchev–Trinajstić information content (AvgIpc) is 2.99. The predicted molar refractivity (Wildman–Crippen MR) is 62.0 cm³/mol. The van der Waals surface area contributed by atoms with Crippen molar-refractivity contribution in [3.05, 3.63) is 44.8 Å². The van der Waals surface area contributed by atoms with E-state index < -0.39 is 5.56 Å². The molecule has 0 bridgehead atoms. The van der Waals surface area contributed by atoms with Crippen LogP contribution in [0.5, 0.6) is 0 Å². The molecule has 3 rings (SSSR count). The zero-order valence-corrected chi connectivity index (χ0v) is 9.40. The van der Waals surface area contributed by atoms with Crippen LogP contribution in [0.15, 0.2) is 32.2 Å². The van der Waals surface area contributed by atoms with Gasteiger partial charge in [-0.1, -0.05) is 0 Å². The van der Waals surface area contributed by atoms with Crippen LogP contribution in [0.4, 0.5) is 0 Å². The van der Waals surface area contributed by atoms with Crippen LogP contribution in [0.3, 0.4) is 0 Å². The molecular formula is C12H12N2O3. The number of nitrogens with zero attached hydrogens (tertiary/aromatic N) is 1. The van der Waals surface area contributed by atoms with E-state index >= 15 is 0 Å². The van der Waals surface area contributed by atoms with Crippen LogP contribution < -0.4 is 11.2 Å². The Bertz CT molecular complexity index is 674. The SMILES string of the molecule is Cc1ccc(-c2cc(=O)[nH]c(=O)n2C2CC2)o1. The highest BCUT2D eigenvalue weighted by Crippen LogP contribution is 2.36.